The van der Waals surface area contributed by atoms with E-state index in [1.807, 2.05) is 0 Å². The number of carboxylic acids is 1. The molecule has 1 fully saturated rings. The van der Waals surface area contributed by atoms with Crippen LogP contribution in [0.25, 0.3) is 11.2 Å². The minimum Gasteiger partial charge on any atom is -0.480 e. The highest BCUT2D eigenvalue weighted by atomic mass is 16.6. The second-order valence-electron chi connectivity index (χ2n) is 6.71. The number of nitrogens with two attached hydrogens (primary N) is 2. The van der Waals surface area contributed by atoms with Crippen molar-refractivity contribution in [2.24, 2.45) is 5.73 Å². The molecule has 1 saturated heterocycles. The first-order chi connectivity index (χ1) is 13.2. The molecule has 152 valence electrons. The molecule has 28 heavy (non-hydrogen) atoms. The summed E-state index contributed by atoms with van der Waals surface area (Å²) in [6.07, 6.45) is -0.0602. The zero-order valence-corrected chi connectivity index (χ0v) is 15.0. The van der Waals surface area contributed by atoms with E-state index in [1.54, 1.807) is 0 Å². The molecule has 2 aromatic rings. The Morgan fingerprint density at radius 3 is 2.82 bits per heavy atom. The van der Waals surface area contributed by atoms with Gasteiger partial charge in [0.25, 0.3) is 0 Å². The van der Waals surface area contributed by atoms with E-state index in [4.69, 9.17) is 21.3 Å². The first kappa shape index (κ1) is 20.1. The number of aliphatic carboxylic acids is 1. The SMILES string of the molecule is C[C@@]1(n2cnc3c(N)ncnc32)O[C@H](C(O)C/C=C\C(N)C(=O)O)[C@@H](O)[C@H]1O. The molecule has 0 amide bonds. The van der Waals surface area contributed by atoms with Crippen molar-refractivity contribution in [2.45, 2.75) is 49.5 Å². The normalized spacial score (nSPS) is 30.1. The van der Waals surface area contributed by atoms with Gasteiger partial charge in [-0.1, -0.05) is 12.2 Å². The standard InChI is InChI=1S/C16H22N6O6/c1-16(22-6-21-9-13(18)19-5-20-14(9)22)12(25)10(24)11(28-16)8(23)4-2-3-7(17)15(26)27/h2-3,5-8,10-12,23-25H,4,17H2,1H3,(H,26,27)(H2,18,19,20)/b3-2-/t7?,8?,10-,11-,12-,16-/m1/s1. The summed E-state index contributed by atoms with van der Waals surface area (Å²) in [5.74, 6) is -1.06. The van der Waals surface area contributed by atoms with Crippen molar-refractivity contribution >= 4 is 23.0 Å². The van der Waals surface area contributed by atoms with Gasteiger partial charge in [0.2, 0.25) is 0 Å². The lowest BCUT2D eigenvalue weighted by molar-refractivity contribution is -0.146. The third-order valence-electron chi connectivity index (χ3n) is 4.81. The summed E-state index contributed by atoms with van der Waals surface area (Å²) in [6.45, 7) is 1.52. The smallest absolute Gasteiger partial charge is 0.324 e. The van der Waals surface area contributed by atoms with Crippen LogP contribution in [0, 0.1) is 0 Å². The third kappa shape index (κ3) is 3.31. The summed E-state index contributed by atoms with van der Waals surface area (Å²) >= 11 is 0. The molecule has 8 N–H and O–H groups in total. The number of fused-ring (bicyclic) bond motifs is 1. The molecule has 12 nitrogen and oxygen atoms in total. The van der Waals surface area contributed by atoms with Gasteiger partial charge in [-0.25, -0.2) is 15.0 Å². The van der Waals surface area contributed by atoms with Gasteiger partial charge in [-0.3, -0.25) is 9.36 Å². The van der Waals surface area contributed by atoms with Crippen LogP contribution in [0.5, 0.6) is 0 Å². The molecule has 12 heteroatoms. The monoisotopic (exact) mass is 394 g/mol. The van der Waals surface area contributed by atoms with Gasteiger partial charge in [0.15, 0.2) is 17.2 Å². The average molecular weight is 394 g/mol. The van der Waals surface area contributed by atoms with E-state index in [-0.39, 0.29) is 12.2 Å². The first-order valence-electron chi connectivity index (χ1n) is 8.48. The Balaban J connectivity index is 1.83. The van der Waals surface area contributed by atoms with E-state index in [0.717, 1.165) is 0 Å². The lowest BCUT2D eigenvalue weighted by Crippen LogP contribution is -2.43. The van der Waals surface area contributed by atoms with E-state index >= 15 is 0 Å². The van der Waals surface area contributed by atoms with Crippen LogP contribution in [0.4, 0.5) is 5.82 Å². The largest absolute Gasteiger partial charge is 0.480 e. The van der Waals surface area contributed by atoms with Gasteiger partial charge in [-0.15, -0.1) is 0 Å². The zero-order valence-electron chi connectivity index (χ0n) is 15.0. The van der Waals surface area contributed by atoms with Crippen LogP contribution in [0.2, 0.25) is 0 Å². The molecule has 3 heterocycles. The number of aliphatic hydroxyl groups excluding tert-OH is 3. The third-order valence-corrected chi connectivity index (χ3v) is 4.81. The van der Waals surface area contributed by atoms with Crippen LogP contribution < -0.4 is 11.5 Å². The highest BCUT2D eigenvalue weighted by Gasteiger charge is 2.54. The minimum atomic E-state index is -1.48. The van der Waals surface area contributed by atoms with Crippen LogP contribution in [0.1, 0.15) is 13.3 Å². The second kappa shape index (κ2) is 7.41. The number of ether oxygens (including phenoxy) is 1. The Bertz CT molecular complexity index is 903. The van der Waals surface area contributed by atoms with E-state index in [0.29, 0.717) is 11.2 Å². The number of carbonyl (C=O) groups is 1. The first-order valence-corrected chi connectivity index (χ1v) is 8.48. The summed E-state index contributed by atoms with van der Waals surface area (Å²) in [5.41, 5.74) is 10.2. The van der Waals surface area contributed by atoms with Crippen molar-refractivity contribution in [3.63, 3.8) is 0 Å². The molecule has 1 aliphatic rings. The molecule has 2 aromatic heterocycles. The average Bonchev–Trinajstić information content (AvgIpc) is 3.18. The van der Waals surface area contributed by atoms with Crippen molar-refractivity contribution in [3.8, 4) is 0 Å². The number of hydrogen-bond donors (Lipinski definition) is 6. The van der Waals surface area contributed by atoms with Crippen molar-refractivity contribution in [1.82, 2.24) is 19.5 Å². The molecule has 1 aliphatic heterocycles. The molecular weight excluding hydrogens is 372 g/mol. The Morgan fingerprint density at radius 1 is 1.43 bits per heavy atom. The topological polar surface area (TPSA) is 203 Å². The predicted octanol–water partition coefficient (Wildman–Crippen LogP) is -2.08. The molecule has 0 bridgehead atoms. The number of aromatic nitrogens is 4. The molecule has 0 spiro atoms. The molecular formula is C16H22N6O6. The lowest BCUT2D eigenvalue weighted by atomic mass is 9.99. The Kier molecular flexibility index (Phi) is 5.32. The predicted molar refractivity (Wildman–Crippen MR) is 95.6 cm³/mol. The molecule has 6 atom stereocenters. The molecule has 3 rings (SSSR count). The number of rotatable bonds is 6. The Morgan fingerprint density at radius 2 is 2.14 bits per heavy atom. The van der Waals surface area contributed by atoms with Crippen LogP contribution >= 0.6 is 0 Å². The van der Waals surface area contributed by atoms with Crippen molar-refractivity contribution in [1.29, 1.82) is 0 Å². The zero-order chi connectivity index (χ0) is 20.6. The minimum absolute atomic E-state index is 0.0364. The second-order valence-corrected chi connectivity index (χ2v) is 6.71. The van der Waals surface area contributed by atoms with Gasteiger partial charge in [0.1, 0.15) is 36.2 Å². The van der Waals surface area contributed by atoms with Gasteiger partial charge in [0.05, 0.1) is 12.4 Å². The maximum atomic E-state index is 10.7. The maximum Gasteiger partial charge on any atom is 0.324 e. The highest BCUT2D eigenvalue weighted by molar-refractivity contribution is 5.81. The number of anilines is 1. The maximum absolute atomic E-state index is 10.7. The highest BCUT2D eigenvalue weighted by Crippen LogP contribution is 2.38. The van der Waals surface area contributed by atoms with Crippen LogP contribution in [-0.2, 0) is 15.3 Å². The molecule has 0 aliphatic carbocycles. The van der Waals surface area contributed by atoms with E-state index in [9.17, 15) is 20.1 Å². The number of nitrogens with zero attached hydrogens (tertiary/aromatic N) is 4. The number of nitrogen functional groups attached to an aromatic ring is 1. The van der Waals surface area contributed by atoms with Crippen LogP contribution in [-0.4, -0.2) is 76.4 Å². The van der Waals surface area contributed by atoms with E-state index < -0.39 is 42.2 Å². The molecule has 0 saturated carbocycles. The van der Waals surface area contributed by atoms with Gasteiger partial charge in [-0.2, -0.15) is 0 Å². The summed E-state index contributed by atoms with van der Waals surface area (Å²) in [6, 6.07) is -1.21. The fraction of sp³-hybridized carbons (Fsp3) is 0.500. The summed E-state index contributed by atoms with van der Waals surface area (Å²) < 4.78 is 7.24. The van der Waals surface area contributed by atoms with Crippen molar-refractivity contribution < 1.29 is 30.0 Å². The van der Waals surface area contributed by atoms with Gasteiger partial charge in [-0.05, 0) is 13.3 Å². The van der Waals surface area contributed by atoms with Crippen molar-refractivity contribution in [2.75, 3.05) is 5.73 Å². The van der Waals surface area contributed by atoms with Gasteiger partial charge in [0, 0.05) is 0 Å². The molecule has 0 radical (unpaired) electrons. The van der Waals surface area contributed by atoms with Gasteiger partial charge >= 0.3 is 5.97 Å². The van der Waals surface area contributed by atoms with E-state index in [2.05, 4.69) is 15.0 Å². The lowest BCUT2D eigenvalue weighted by Gasteiger charge is -2.29. The Labute approximate surface area is 159 Å². The van der Waals surface area contributed by atoms with Crippen LogP contribution in [0.15, 0.2) is 24.8 Å². The van der Waals surface area contributed by atoms with Crippen molar-refractivity contribution in [3.05, 3.63) is 24.8 Å². The quantitative estimate of drug-likeness (QED) is 0.293. The fourth-order valence-corrected chi connectivity index (χ4v) is 3.18. The number of carboxylic acid groups (broad SMARTS) is 1. The number of aliphatic hydroxyl groups is 3. The summed E-state index contributed by atoms with van der Waals surface area (Å²) in [7, 11) is 0. The van der Waals surface area contributed by atoms with Crippen LogP contribution in [0.3, 0.4) is 0 Å². The fourth-order valence-electron chi connectivity index (χ4n) is 3.18. The summed E-state index contributed by atoms with van der Waals surface area (Å²) in [4.78, 5) is 22.8. The molecule has 2 unspecified atom stereocenters. The van der Waals surface area contributed by atoms with Gasteiger partial charge < -0.3 is 36.6 Å². The summed E-state index contributed by atoms with van der Waals surface area (Å²) in [5, 5.41) is 40.1. The molecule has 0 aromatic carbocycles. The number of imidazole rings is 1. The Hall–Kier alpha value is -2.64. The number of hydrogen-bond acceptors (Lipinski definition) is 10. The van der Waals surface area contributed by atoms with E-state index in [1.165, 1.54) is 36.3 Å².